The fourth-order valence-corrected chi connectivity index (χ4v) is 5.56. The van der Waals surface area contributed by atoms with Gasteiger partial charge in [-0.2, -0.15) is 5.26 Å². The lowest BCUT2D eigenvalue weighted by molar-refractivity contribution is -0.130. The smallest absolute Gasteiger partial charge is 0.239 e. The van der Waals surface area contributed by atoms with Gasteiger partial charge in [-0.15, -0.1) is 11.8 Å². The molecule has 1 aliphatic carbocycles. The van der Waals surface area contributed by atoms with Gasteiger partial charge in [-0.3, -0.25) is 15.1 Å². The van der Waals surface area contributed by atoms with Crippen molar-refractivity contribution in [1.29, 1.82) is 10.7 Å². The molecular weight excluding hydrogens is 370 g/mol. The van der Waals surface area contributed by atoms with E-state index in [1.54, 1.807) is 18.8 Å². The predicted octanol–water partition coefficient (Wildman–Crippen LogP) is 2.78. The van der Waals surface area contributed by atoms with Gasteiger partial charge in [0.15, 0.2) is 5.96 Å². The summed E-state index contributed by atoms with van der Waals surface area (Å²) >= 11 is 1.56. The Morgan fingerprint density at radius 3 is 2.54 bits per heavy atom. The minimum Gasteiger partial charge on any atom is -0.345 e. The maximum Gasteiger partial charge on any atom is 0.239 e. The molecule has 0 spiro atoms. The van der Waals surface area contributed by atoms with E-state index in [1.807, 2.05) is 31.2 Å². The number of carbonyl (C=O) groups is 1. The number of nitrogens with one attached hydrogen (secondary N) is 2. The van der Waals surface area contributed by atoms with Crippen LogP contribution in [0.2, 0.25) is 0 Å². The first-order valence-corrected chi connectivity index (χ1v) is 10.5. The van der Waals surface area contributed by atoms with Crippen molar-refractivity contribution in [3.8, 4) is 6.07 Å². The molecule has 7 heteroatoms. The molecule has 0 radical (unpaired) electrons. The molecule has 6 nitrogen and oxygen atoms in total. The fraction of sp³-hybridized carbons (Fsp3) is 0.476. The third kappa shape index (κ3) is 2.75. The molecule has 2 aliphatic heterocycles. The normalized spacial score (nSPS) is 31.6. The van der Waals surface area contributed by atoms with Crippen molar-refractivity contribution >= 4 is 23.6 Å². The maximum atomic E-state index is 13.2. The topological polar surface area (TPSA) is 106 Å². The Hall–Kier alpha value is -2.30. The van der Waals surface area contributed by atoms with Gasteiger partial charge in [0.25, 0.3) is 0 Å². The quantitative estimate of drug-likeness (QED) is 0.730. The predicted molar refractivity (Wildman–Crippen MR) is 111 cm³/mol. The van der Waals surface area contributed by atoms with Crippen LogP contribution in [-0.4, -0.2) is 34.7 Å². The third-order valence-corrected chi connectivity index (χ3v) is 7.75. The van der Waals surface area contributed by atoms with E-state index >= 15 is 0 Å². The van der Waals surface area contributed by atoms with E-state index in [0.717, 1.165) is 41.7 Å². The van der Waals surface area contributed by atoms with Crippen LogP contribution in [0.5, 0.6) is 0 Å². The molecule has 2 fully saturated rings. The fourth-order valence-electron chi connectivity index (χ4n) is 4.44. The van der Waals surface area contributed by atoms with E-state index in [-0.39, 0.29) is 22.7 Å². The molecule has 3 atom stereocenters. The molecule has 1 unspecified atom stereocenters. The van der Waals surface area contributed by atoms with Crippen LogP contribution < -0.4 is 11.1 Å². The van der Waals surface area contributed by atoms with Gasteiger partial charge >= 0.3 is 0 Å². The summed E-state index contributed by atoms with van der Waals surface area (Å²) in [5, 5.41) is 21.0. The number of hydrogen-bond donors (Lipinski definition) is 3. The summed E-state index contributed by atoms with van der Waals surface area (Å²) in [4.78, 5) is 15.6. The highest BCUT2D eigenvalue weighted by molar-refractivity contribution is 8.04. The molecule has 1 aromatic carbocycles. The maximum absolute atomic E-state index is 13.2. The molecule has 0 aromatic heterocycles. The highest BCUT2D eigenvalue weighted by Gasteiger charge is 2.50. The Morgan fingerprint density at radius 2 is 2.04 bits per heavy atom. The molecule has 4 rings (SSSR count). The van der Waals surface area contributed by atoms with E-state index < -0.39 is 11.5 Å². The third-order valence-electron chi connectivity index (χ3n) is 6.41. The van der Waals surface area contributed by atoms with Crippen molar-refractivity contribution < 1.29 is 4.79 Å². The lowest BCUT2D eigenvalue weighted by Gasteiger charge is -2.46. The van der Waals surface area contributed by atoms with Crippen LogP contribution in [-0.2, 0) is 10.2 Å². The van der Waals surface area contributed by atoms with E-state index in [0.29, 0.717) is 0 Å². The number of nitrogens with two attached hydrogens (primary N) is 1. The van der Waals surface area contributed by atoms with Gasteiger partial charge in [-0.25, -0.2) is 0 Å². The largest absolute Gasteiger partial charge is 0.345 e. The molecular formula is C21H25N5OS. The number of hydrogen-bond acceptors (Lipinski definition) is 5. The number of guanidine groups is 1. The van der Waals surface area contributed by atoms with Crippen LogP contribution in [0.1, 0.15) is 49.7 Å². The van der Waals surface area contributed by atoms with Crippen LogP contribution in [0.4, 0.5) is 0 Å². The SMILES string of the molecule is CN1C(=N)N[C@](C)(C2=CCC(N)S2)[C@H](c2ccc(C3(C#N)CCC3)cc2)C1=O. The first kappa shape index (κ1) is 19.0. The number of nitrogens with zero attached hydrogens (tertiary/aromatic N) is 2. The first-order valence-electron chi connectivity index (χ1n) is 9.59. The zero-order valence-electron chi connectivity index (χ0n) is 16.2. The monoisotopic (exact) mass is 395 g/mol. The zero-order chi connectivity index (χ0) is 20.1. The van der Waals surface area contributed by atoms with Gasteiger partial charge in [0.2, 0.25) is 5.91 Å². The van der Waals surface area contributed by atoms with Crippen molar-refractivity contribution in [3.05, 3.63) is 46.4 Å². The molecule has 0 bridgehead atoms. The molecule has 1 amide bonds. The van der Waals surface area contributed by atoms with Crippen LogP contribution >= 0.6 is 11.8 Å². The minimum absolute atomic E-state index is 0.0188. The summed E-state index contributed by atoms with van der Waals surface area (Å²) in [6.45, 7) is 1.98. The molecule has 1 saturated carbocycles. The van der Waals surface area contributed by atoms with Gasteiger partial charge in [0, 0.05) is 12.0 Å². The van der Waals surface area contributed by atoms with Crippen molar-refractivity contribution in [3.63, 3.8) is 0 Å². The van der Waals surface area contributed by atoms with E-state index in [1.165, 1.54) is 4.90 Å². The minimum atomic E-state index is -0.718. The summed E-state index contributed by atoms with van der Waals surface area (Å²) in [6, 6.07) is 10.4. The van der Waals surface area contributed by atoms with E-state index in [9.17, 15) is 10.1 Å². The second-order valence-electron chi connectivity index (χ2n) is 8.14. The molecule has 1 saturated heterocycles. The van der Waals surface area contributed by atoms with E-state index in [4.69, 9.17) is 11.1 Å². The van der Waals surface area contributed by atoms with Gasteiger partial charge in [-0.05, 0) is 43.7 Å². The number of benzene rings is 1. The summed E-state index contributed by atoms with van der Waals surface area (Å²) in [7, 11) is 1.62. The van der Waals surface area contributed by atoms with Crippen LogP contribution in [0.25, 0.3) is 0 Å². The zero-order valence-corrected chi connectivity index (χ0v) is 17.0. The number of likely N-dealkylation sites (N-methyl/N-ethyl adjacent to an activating group) is 1. The Balaban J connectivity index is 1.73. The summed E-state index contributed by atoms with van der Waals surface area (Å²) < 4.78 is 0. The summed E-state index contributed by atoms with van der Waals surface area (Å²) in [5.41, 5.74) is 6.91. The lowest BCUT2D eigenvalue weighted by atomic mass is 9.65. The number of carbonyl (C=O) groups excluding carboxylic acids is 1. The standard InChI is InChI=1S/C21H25N5OS/c1-20(15-8-9-16(23)28-15)17(18(27)26(2)19(24)25-20)13-4-6-14(7-5-13)21(12-22)10-3-11-21/h4-8,16-17H,3,9-11,23H2,1-2H3,(H2,24,25)/t16?,17-,20-/m1/s1. The second-order valence-corrected chi connectivity index (χ2v) is 9.42. The van der Waals surface area contributed by atoms with Crippen molar-refractivity contribution in [2.24, 2.45) is 5.73 Å². The molecule has 3 aliphatic rings. The van der Waals surface area contributed by atoms with Crippen LogP contribution in [0, 0.1) is 16.7 Å². The number of nitriles is 1. The Morgan fingerprint density at radius 1 is 1.36 bits per heavy atom. The average Bonchev–Trinajstić information content (AvgIpc) is 3.08. The number of rotatable bonds is 3. The van der Waals surface area contributed by atoms with Crippen LogP contribution in [0.15, 0.2) is 35.2 Å². The van der Waals surface area contributed by atoms with Crippen molar-refractivity contribution in [1.82, 2.24) is 10.2 Å². The lowest BCUT2D eigenvalue weighted by Crippen LogP contribution is -2.64. The number of thioether (sulfide) groups is 1. The van der Waals surface area contributed by atoms with Gasteiger partial charge in [0.05, 0.1) is 28.3 Å². The second kappa shape index (κ2) is 6.64. The summed E-state index contributed by atoms with van der Waals surface area (Å²) in [6.07, 6.45) is 5.70. The Labute approximate surface area is 169 Å². The van der Waals surface area contributed by atoms with Gasteiger partial charge < -0.3 is 11.1 Å². The van der Waals surface area contributed by atoms with Gasteiger partial charge in [-0.1, -0.05) is 30.3 Å². The highest BCUT2D eigenvalue weighted by Crippen LogP contribution is 2.47. The first-order chi connectivity index (χ1) is 13.3. The van der Waals surface area contributed by atoms with Crippen molar-refractivity contribution in [2.45, 2.75) is 54.9 Å². The molecule has 4 N–H and O–H groups in total. The number of amides is 1. The molecule has 1 aromatic rings. The van der Waals surface area contributed by atoms with Crippen LogP contribution in [0.3, 0.4) is 0 Å². The molecule has 28 heavy (non-hydrogen) atoms. The molecule has 2 heterocycles. The Kier molecular flexibility index (Phi) is 4.52. The molecule has 146 valence electrons. The van der Waals surface area contributed by atoms with Gasteiger partial charge in [0.1, 0.15) is 0 Å². The van der Waals surface area contributed by atoms with E-state index in [2.05, 4.69) is 17.5 Å². The van der Waals surface area contributed by atoms with Crippen molar-refractivity contribution in [2.75, 3.05) is 7.05 Å². The average molecular weight is 396 g/mol. The highest BCUT2D eigenvalue weighted by atomic mass is 32.2. The Bertz CT molecular complexity index is 898. The summed E-state index contributed by atoms with van der Waals surface area (Å²) in [5.74, 6) is -0.482.